The summed E-state index contributed by atoms with van der Waals surface area (Å²) in [5, 5.41) is 9.78. The van der Waals surface area contributed by atoms with E-state index in [2.05, 4.69) is 23.7 Å². The molecule has 110 valence electrons. The highest BCUT2D eigenvalue weighted by Gasteiger charge is 2.31. The van der Waals surface area contributed by atoms with E-state index in [1.165, 1.54) is 18.3 Å². The van der Waals surface area contributed by atoms with Crippen LogP contribution in [0.2, 0.25) is 0 Å². The van der Waals surface area contributed by atoms with Gasteiger partial charge in [-0.1, -0.05) is 31.6 Å². The minimum absolute atomic E-state index is 0.110. The Morgan fingerprint density at radius 2 is 2.00 bits per heavy atom. The molecular weight excluding hydrogens is 276 g/mol. The molecule has 0 aromatic carbocycles. The zero-order chi connectivity index (χ0) is 14.9. The first kappa shape index (κ1) is 15.0. The highest BCUT2D eigenvalue weighted by Crippen LogP contribution is 2.37. The van der Waals surface area contributed by atoms with Crippen LogP contribution < -0.4 is 4.90 Å². The second-order valence-electron chi connectivity index (χ2n) is 5.69. The third-order valence-electron chi connectivity index (χ3n) is 4.23. The Kier molecular flexibility index (Phi) is 4.13. The van der Waals surface area contributed by atoms with Crippen molar-refractivity contribution in [3.05, 3.63) is 10.6 Å². The summed E-state index contributed by atoms with van der Waals surface area (Å²) < 4.78 is 0. The van der Waals surface area contributed by atoms with Gasteiger partial charge in [0.05, 0.1) is 0 Å². The van der Waals surface area contributed by atoms with Crippen LogP contribution in [0.15, 0.2) is 0 Å². The van der Waals surface area contributed by atoms with E-state index >= 15 is 0 Å². The van der Waals surface area contributed by atoms with Crippen molar-refractivity contribution in [1.29, 1.82) is 0 Å². The monoisotopic (exact) mass is 296 g/mol. The number of aromatic nitrogens is 1. The number of carboxylic acids is 1. The highest BCUT2D eigenvalue weighted by molar-refractivity contribution is 7.17. The second-order valence-corrected chi connectivity index (χ2v) is 6.66. The van der Waals surface area contributed by atoms with Gasteiger partial charge in [-0.05, 0) is 18.3 Å². The molecule has 2 rings (SSSR count). The van der Waals surface area contributed by atoms with E-state index in [0.29, 0.717) is 10.5 Å². The van der Waals surface area contributed by atoms with Gasteiger partial charge >= 0.3 is 5.97 Å². The number of hydrogen-bond donors (Lipinski definition) is 1. The molecule has 20 heavy (non-hydrogen) atoms. The van der Waals surface area contributed by atoms with Gasteiger partial charge in [-0.15, -0.1) is 0 Å². The number of carboxylic acid groups (broad SMARTS) is 1. The van der Waals surface area contributed by atoms with Crippen molar-refractivity contribution in [2.45, 2.75) is 40.0 Å². The number of carbonyl (C=O) groups excluding carboxylic acids is 1. The Labute approximate surface area is 122 Å². The summed E-state index contributed by atoms with van der Waals surface area (Å²) in [6.45, 7) is 7.61. The Hall–Kier alpha value is -1.43. The molecule has 1 saturated heterocycles. The molecule has 1 aromatic rings. The van der Waals surface area contributed by atoms with Gasteiger partial charge in [-0.2, -0.15) is 0 Å². The number of hydrogen-bond acceptors (Lipinski definition) is 5. The fraction of sp³-hybridized carbons (Fsp3) is 0.643. The van der Waals surface area contributed by atoms with Crippen molar-refractivity contribution >= 4 is 28.2 Å². The molecule has 0 atom stereocenters. The first-order chi connectivity index (χ1) is 9.36. The lowest BCUT2D eigenvalue weighted by molar-refractivity contribution is 0.0687. The van der Waals surface area contributed by atoms with Gasteiger partial charge < -0.3 is 10.0 Å². The summed E-state index contributed by atoms with van der Waals surface area (Å²) in [6.07, 6.45) is 3.29. The van der Waals surface area contributed by atoms with Crippen LogP contribution in [0.25, 0.3) is 0 Å². The van der Waals surface area contributed by atoms with Gasteiger partial charge in [0.1, 0.15) is 4.88 Å². The largest absolute Gasteiger partial charge is 0.476 e. The first-order valence-corrected chi connectivity index (χ1v) is 7.68. The van der Waals surface area contributed by atoms with E-state index < -0.39 is 5.97 Å². The van der Waals surface area contributed by atoms with Gasteiger partial charge in [0.2, 0.25) is 0 Å². The SMILES string of the molecule is CCC1(C)CCN(c2nc(C(=O)O)c(C(C)=O)s2)CC1. The molecule has 0 aliphatic carbocycles. The minimum atomic E-state index is -1.13. The molecule has 1 aromatic heterocycles. The fourth-order valence-electron chi connectivity index (χ4n) is 2.42. The molecule has 6 heteroatoms. The standard InChI is InChI=1S/C14H20N2O3S/c1-4-14(3)5-7-16(8-6-14)13-15-10(12(18)19)11(20-13)9(2)17/h4-8H2,1-3H3,(H,18,19). The smallest absolute Gasteiger partial charge is 0.356 e. The van der Waals surface area contributed by atoms with Crippen LogP contribution in [0.3, 0.4) is 0 Å². The maximum atomic E-state index is 11.5. The molecule has 0 spiro atoms. The number of piperidine rings is 1. The van der Waals surface area contributed by atoms with Crippen molar-refractivity contribution < 1.29 is 14.7 Å². The maximum absolute atomic E-state index is 11.5. The number of anilines is 1. The molecular formula is C14H20N2O3S. The number of ketones is 1. The second kappa shape index (κ2) is 5.52. The van der Waals surface area contributed by atoms with E-state index in [1.807, 2.05) is 0 Å². The summed E-state index contributed by atoms with van der Waals surface area (Å²) in [6, 6.07) is 0. The first-order valence-electron chi connectivity index (χ1n) is 6.86. The summed E-state index contributed by atoms with van der Waals surface area (Å²) in [5.41, 5.74) is 0.258. The van der Waals surface area contributed by atoms with Gasteiger partial charge in [-0.25, -0.2) is 9.78 Å². The van der Waals surface area contributed by atoms with E-state index in [4.69, 9.17) is 5.11 Å². The molecule has 1 N–H and O–H groups in total. The third-order valence-corrected chi connectivity index (χ3v) is 5.45. The molecule has 0 bridgehead atoms. The van der Waals surface area contributed by atoms with Gasteiger partial charge in [0, 0.05) is 20.0 Å². The predicted octanol–water partition coefficient (Wildman–Crippen LogP) is 3.06. The highest BCUT2D eigenvalue weighted by atomic mass is 32.1. The molecule has 0 unspecified atom stereocenters. The third kappa shape index (κ3) is 2.85. The van der Waals surface area contributed by atoms with Crippen LogP contribution in [0.4, 0.5) is 5.13 Å². The van der Waals surface area contributed by atoms with Gasteiger partial charge in [0.25, 0.3) is 0 Å². The molecule has 5 nitrogen and oxygen atoms in total. The van der Waals surface area contributed by atoms with Crippen LogP contribution in [0.1, 0.15) is 60.2 Å². The van der Waals surface area contributed by atoms with E-state index in [0.717, 1.165) is 32.4 Å². The maximum Gasteiger partial charge on any atom is 0.356 e. The van der Waals surface area contributed by atoms with Gasteiger partial charge in [-0.3, -0.25) is 4.79 Å². The summed E-state index contributed by atoms with van der Waals surface area (Å²) in [7, 11) is 0. The Morgan fingerprint density at radius 3 is 2.40 bits per heavy atom. The summed E-state index contributed by atoms with van der Waals surface area (Å²) in [4.78, 5) is 29.1. The van der Waals surface area contributed by atoms with Gasteiger partial charge in [0.15, 0.2) is 16.6 Å². The minimum Gasteiger partial charge on any atom is -0.476 e. The van der Waals surface area contributed by atoms with Crippen LogP contribution in [0, 0.1) is 5.41 Å². The van der Waals surface area contributed by atoms with Crippen LogP contribution >= 0.6 is 11.3 Å². The van der Waals surface area contributed by atoms with E-state index in [9.17, 15) is 9.59 Å². The van der Waals surface area contributed by atoms with E-state index in [-0.39, 0.29) is 16.4 Å². The average Bonchev–Trinajstić information content (AvgIpc) is 2.85. The van der Waals surface area contributed by atoms with Crippen molar-refractivity contribution in [1.82, 2.24) is 4.98 Å². The van der Waals surface area contributed by atoms with Crippen LogP contribution in [-0.4, -0.2) is 34.9 Å². The summed E-state index contributed by atoms with van der Waals surface area (Å²) in [5.74, 6) is -1.37. The zero-order valence-electron chi connectivity index (χ0n) is 12.1. The topological polar surface area (TPSA) is 70.5 Å². The fourth-order valence-corrected chi connectivity index (χ4v) is 3.42. The Morgan fingerprint density at radius 1 is 1.40 bits per heavy atom. The lowest BCUT2D eigenvalue weighted by Gasteiger charge is -2.38. The van der Waals surface area contributed by atoms with Crippen LogP contribution in [-0.2, 0) is 0 Å². The van der Waals surface area contributed by atoms with Crippen molar-refractivity contribution in [2.75, 3.05) is 18.0 Å². The number of carbonyl (C=O) groups is 2. The number of Topliss-reactive ketones (excluding diaryl/α,β-unsaturated/α-hetero) is 1. The zero-order valence-corrected chi connectivity index (χ0v) is 12.9. The number of thiazole rings is 1. The lowest BCUT2D eigenvalue weighted by atomic mass is 9.78. The van der Waals surface area contributed by atoms with E-state index in [1.54, 1.807) is 0 Å². The molecule has 1 aliphatic heterocycles. The molecule has 0 saturated carbocycles. The molecule has 1 aliphatic rings. The number of nitrogens with zero attached hydrogens (tertiary/aromatic N) is 2. The van der Waals surface area contributed by atoms with Crippen molar-refractivity contribution in [3.8, 4) is 0 Å². The molecule has 0 amide bonds. The van der Waals surface area contributed by atoms with Crippen molar-refractivity contribution in [2.24, 2.45) is 5.41 Å². The number of rotatable bonds is 4. The molecule has 2 heterocycles. The average molecular weight is 296 g/mol. The van der Waals surface area contributed by atoms with Crippen LogP contribution in [0.5, 0.6) is 0 Å². The lowest BCUT2D eigenvalue weighted by Crippen LogP contribution is -2.38. The molecule has 0 radical (unpaired) electrons. The summed E-state index contributed by atoms with van der Waals surface area (Å²) >= 11 is 1.19. The normalized spacial score (nSPS) is 18.1. The Bertz CT molecular complexity index is 499. The predicted molar refractivity (Wildman–Crippen MR) is 78.9 cm³/mol. The van der Waals surface area contributed by atoms with Crippen molar-refractivity contribution in [3.63, 3.8) is 0 Å². The molecule has 1 fully saturated rings. The number of aromatic carboxylic acids is 1. The quantitative estimate of drug-likeness (QED) is 0.865. The Balaban J connectivity index is 2.21.